The largest absolute Gasteiger partial charge is 0.469 e. The lowest BCUT2D eigenvalue weighted by atomic mass is 9.74. The summed E-state index contributed by atoms with van der Waals surface area (Å²) in [6, 6.07) is 8.47. The Morgan fingerprint density at radius 2 is 1.89 bits per heavy atom. The van der Waals surface area contributed by atoms with E-state index in [2.05, 4.69) is 11.7 Å². The van der Waals surface area contributed by atoms with E-state index in [-0.39, 0.29) is 16.3 Å². The van der Waals surface area contributed by atoms with E-state index in [1.807, 2.05) is 19.1 Å². The van der Waals surface area contributed by atoms with Gasteiger partial charge < -0.3 is 4.74 Å². The lowest BCUT2D eigenvalue weighted by molar-refractivity contribution is -0.140. The number of carbonyl (C=O) groups excluding carboxylic acids is 1. The standard InChI is InChI=1S/C21H25NO5S/c1-14-21(2,13-6-4-5-10-19(23)27-3)20-16-8-7-9-18(28(24,25)26)15(16)11-12-17(20)22-14/h7-9,11-12H,4-6,10,13H2,1-3H3,(H,24,25,26). The Kier molecular flexibility index (Phi) is 5.59. The van der Waals surface area contributed by atoms with Crippen LogP contribution in [0.25, 0.3) is 10.8 Å². The van der Waals surface area contributed by atoms with Gasteiger partial charge in [0.15, 0.2) is 0 Å². The fourth-order valence-corrected chi connectivity index (χ4v) is 4.74. The molecule has 1 heterocycles. The lowest BCUT2D eigenvalue weighted by Gasteiger charge is -2.28. The van der Waals surface area contributed by atoms with Crippen molar-refractivity contribution < 1.29 is 22.5 Å². The molecule has 1 atom stereocenters. The molecule has 1 aliphatic rings. The van der Waals surface area contributed by atoms with E-state index in [4.69, 9.17) is 4.99 Å². The lowest BCUT2D eigenvalue weighted by Crippen LogP contribution is -2.27. The van der Waals surface area contributed by atoms with Crippen molar-refractivity contribution in [3.05, 3.63) is 35.9 Å². The maximum Gasteiger partial charge on any atom is 0.305 e. The normalized spacial score (nSPS) is 18.8. The summed E-state index contributed by atoms with van der Waals surface area (Å²) in [4.78, 5) is 15.9. The highest BCUT2D eigenvalue weighted by atomic mass is 32.2. The minimum absolute atomic E-state index is 0.0854. The first-order valence-electron chi connectivity index (χ1n) is 9.35. The Morgan fingerprint density at radius 1 is 1.14 bits per heavy atom. The van der Waals surface area contributed by atoms with E-state index >= 15 is 0 Å². The van der Waals surface area contributed by atoms with Gasteiger partial charge in [0, 0.05) is 22.9 Å². The Labute approximate surface area is 165 Å². The van der Waals surface area contributed by atoms with Gasteiger partial charge in [0.2, 0.25) is 0 Å². The van der Waals surface area contributed by atoms with Crippen molar-refractivity contribution in [1.82, 2.24) is 0 Å². The molecule has 150 valence electrons. The van der Waals surface area contributed by atoms with Gasteiger partial charge in [-0.1, -0.05) is 38.0 Å². The molecule has 2 aromatic carbocycles. The number of rotatable bonds is 7. The highest BCUT2D eigenvalue weighted by molar-refractivity contribution is 7.86. The molecule has 1 unspecified atom stereocenters. The summed E-state index contributed by atoms with van der Waals surface area (Å²) in [7, 11) is -2.92. The Balaban J connectivity index is 1.93. The van der Waals surface area contributed by atoms with Crippen molar-refractivity contribution in [2.75, 3.05) is 7.11 Å². The second-order valence-corrected chi connectivity index (χ2v) is 8.84. The van der Waals surface area contributed by atoms with Crippen LogP contribution >= 0.6 is 0 Å². The van der Waals surface area contributed by atoms with Crippen LogP contribution in [0.5, 0.6) is 0 Å². The monoisotopic (exact) mass is 403 g/mol. The van der Waals surface area contributed by atoms with Gasteiger partial charge in [-0.2, -0.15) is 8.42 Å². The zero-order valence-electron chi connectivity index (χ0n) is 16.4. The van der Waals surface area contributed by atoms with Crippen LogP contribution in [-0.4, -0.2) is 31.8 Å². The van der Waals surface area contributed by atoms with Crippen molar-refractivity contribution in [1.29, 1.82) is 0 Å². The summed E-state index contributed by atoms with van der Waals surface area (Å²) in [5.74, 6) is -0.195. The molecule has 28 heavy (non-hydrogen) atoms. The van der Waals surface area contributed by atoms with E-state index in [0.29, 0.717) is 11.8 Å². The topological polar surface area (TPSA) is 93.0 Å². The van der Waals surface area contributed by atoms with E-state index in [1.54, 1.807) is 12.1 Å². The van der Waals surface area contributed by atoms with Crippen LogP contribution in [0.15, 0.2) is 40.2 Å². The predicted molar refractivity (Wildman–Crippen MR) is 109 cm³/mol. The molecule has 1 N–H and O–H groups in total. The second kappa shape index (κ2) is 7.64. The van der Waals surface area contributed by atoms with E-state index < -0.39 is 10.1 Å². The van der Waals surface area contributed by atoms with Crippen molar-refractivity contribution in [2.45, 2.75) is 56.3 Å². The number of carbonyl (C=O) groups is 1. The highest BCUT2D eigenvalue weighted by Crippen LogP contribution is 2.47. The number of nitrogens with zero attached hydrogens (tertiary/aromatic N) is 1. The van der Waals surface area contributed by atoms with E-state index in [1.165, 1.54) is 13.2 Å². The van der Waals surface area contributed by atoms with Gasteiger partial charge in [0.25, 0.3) is 10.1 Å². The minimum Gasteiger partial charge on any atom is -0.469 e. The quantitative estimate of drug-likeness (QED) is 0.415. The molecule has 0 bridgehead atoms. The summed E-state index contributed by atoms with van der Waals surface area (Å²) in [5, 5.41) is 1.30. The number of unbranched alkanes of at least 4 members (excludes halogenated alkanes) is 2. The van der Waals surface area contributed by atoms with Gasteiger partial charge in [0.05, 0.1) is 12.8 Å². The van der Waals surface area contributed by atoms with Crippen LogP contribution in [0.2, 0.25) is 0 Å². The van der Waals surface area contributed by atoms with Crippen LogP contribution in [0, 0.1) is 0 Å². The fourth-order valence-electron chi connectivity index (χ4n) is 4.03. The van der Waals surface area contributed by atoms with Crippen LogP contribution in [0.3, 0.4) is 0 Å². The average molecular weight is 404 g/mol. The molecule has 0 saturated heterocycles. The first-order chi connectivity index (χ1) is 13.2. The molecule has 0 amide bonds. The molecule has 2 aromatic rings. The molecule has 0 saturated carbocycles. The fraction of sp³-hybridized carbons (Fsp3) is 0.429. The van der Waals surface area contributed by atoms with Gasteiger partial charge in [0.1, 0.15) is 4.90 Å². The van der Waals surface area contributed by atoms with Crippen molar-refractivity contribution in [2.24, 2.45) is 4.99 Å². The SMILES string of the molecule is COC(=O)CCCCCC1(C)C(C)=Nc2ccc3c(S(=O)(=O)O)cccc3c21. The predicted octanol–water partition coefficient (Wildman–Crippen LogP) is 4.57. The number of hydrogen-bond acceptors (Lipinski definition) is 5. The molecule has 3 rings (SSSR count). The van der Waals surface area contributed by atoms with Crippen molar-refractivity contribution in [3.63, 3.8) is 0 Å². The Hall–Kier alpha value is -2.25. The average Bonchev–Trinajstić information content (AvgIpc) is 2.90. The zero-order valence-corrected chi connectivity index (χ0v) is 17.2. The number of fused-ring (bicyclic) bond motifs is 3. The molecule has 7 heteroatoms. The van der Waals surface area contributed by atoms with Gasteiger partial charge in [-0.25, -0.2) is 0 Å². The van der Waals surface area contributed by atoms with Crippen LogP contribution in [0.1, 0.15) is 51.5 Å². The molecule has 0 spiro atoms. The third-order valence-electron chi connectivity index (χ3n) is 5.70. The zero-order chi connectivity index (χ0) is 20.5. The number of esters is 1. The summed E-state index contributed by atoms with van der Waals surface area (Å²) < 4.78 is 37.8. The van der Waals surface area contributed by atoms with Gasteiger partial charge >= 0.3 is 5.97 Å². The maximum absolute atomic E-state index is 11.8. The molecule has 1 aliphatic heterocycles. The Bertz CT molecular complexity index is 1060. The molecule has 0 radical (unpaired) electrons. The van der Waals surface area contributed by atoms with Crippen molar-refractivity contribution >= 4 is 38.3 Å². The number of ether oxygens (including phenoxy) is 1. The maximum atomic E-state index is 11.8. The molecule has 0 fully saturated rings. The smallest absolute Gasteiger partial charge is 0.305 e. The number of hydrogen-bond donors (Lipinski definition) is 1. The number of aliphatic imine (C=N–C) groups is 1. The molecule has 0 aliphatic carbocycles. The van der Waals surface area contributed by atoms with Crippen LogP contribution in [-0.2, 0) is 25.1 Å². The van der Waals surface area contributed by atoms with Crippen LogP contribution in [0.4, 0.5) is 5.69 Å². The first kappa shape index (κ1) is 20.5. The number of methoxy groups -OCH3 is 1. The van der Waals surface area contributed by atoms with Gasteiger partial charge in [-0.3, -0.25) is 14.3 Å². The summed E-state index contributed by atoms with van der Waals surface area (Å²) >= 11 is 0. The summed E-state index contributed by atoms with van der Waals surface area (Å²) in [6.45, 7) is 4.12. The molecule has 0 aromatic heterocycles. The minimum atomic E-state index is -4.31. The highest BCUT2D eigenvalue weighted by Gasteiger charge is 2.38. The van der Waals surface area contributed by atoms with Crippen molar-refractivity contribution in [3.8, 4) is 0 Å². The third-order valence-corrected chi connectivity index (χ3v) is 6.61. The van der Waals surface area contributed by atoms with Crippen LogP contribution < -0.4 is 0 Å². The number of benzene rings is 2. The van der Waals surface area contributed by atoms with E-state index in [9.17, 15) is 17.8 Å². The molecular weight excluding hydrogens is 378 g/mol. The summed E-state index contributed by atoms with van der Waals surface area (Å²) in [6.07, 6.45) is 3.83. The Morgan fingerprint density at radius 3 is 2.57 bits per heavy atom. The van der Waals surface area contributed by atoms with Gasteiger partial charge in [-0.15, -0.1) is 0 Å². The summed E-state index contributed by atoms with van der Waals surface area (Å²) in [5.41, 5.74) is 2.51. The third kappa shape index (κ3) is 3.69. The second-order valence-electron chi connectivity index (χ2n) is 7.45. The van der Waals surface area contributed by atoms with E-state index in [0.717, 1.165) is 48.0 Å². The molecule has 6 nitrogen and oxygen atoms in total. The van der Waals surface area contributed by atoms with Gasteiger partial charge in [-0.05, 0) is 42.8 Å². The molecular formula is C21H25NO5S. The first-order valence-corrected chi connectivity index (χ1v) is 10.8.